The zero-order chi connectivity index (χ0) is 9.80. The van der Waals surface area contributed by atoms with E-state index in [2.05, 4.69) is 20.5 Å². The predicted octanol–water partition coefficient (Wildman–Crippen LogP) is 1.70. The summed E-state index contributed by atoms with van der Waals surface area (Å²) in [4.78, 5) is 4.11. The number of hydrogen-bond donors (Lipinski definition) is 1. The summed E-state index contributed by atoms with van der Waals surface area (Å²) in [6.07, 6.45) is 2.61. The van der Waals surface area contributed by atoms with Gasteiger partial charge in [0.2, 0.25) is 11.0 Å². The Balaban J connectivity index is 1.92. The highest BCUT2D eigenvalue weighted by molar-refractivity contribution is 7.13. The monoisotopic (exact) mass is 210 g/mol. The van der Waals surface area contributed by atoms with E-state index < -0.39 is 0 Å². The van der Waals surface area contributed by atoms with Crippen LogP contribution in [0.15, 0.2) is 16.1 Å². The Labute approximate surface area is 85.2 Å². The SMILES string of the molecule is CCc1cnc(CNc2nncs2)o1. The smallest absolute Gasteiger partial charge is 0.213 e. The number of nitrogens with zero attached hydrogens (tertiary/aromatic N) is 3. The molecule has 0 aliphatic carbocycles. The Hall–Kier alpha value is -1.43. The average Bonchev–Trinajstić information content (AvgIpc) is 2.86. The van der Waals surface area contributed by atoms with E-state index in [4.69, 9.17) is 4.42 Å². The van der Waals surface area contributed by atoms with Crippen LogP contribution in [0.5, 0.6) is 0 Å². The number of aryl methyl sites for hydroxylation is 1. The summed E-state index contributed by atoms with van der Waals surface area (Å²) < 4.78 is 5.41. The molecule has 0 aliphatic heterocycles. The Kier molecular flexibility index (Phi) is 2.73. The summed E-state index contributed by atoms with van der Waals surface area (Å²) in [6, 6.07) is 0. The van der Waals surface area contributed by atoms with Gasteiger partial charge in [0.05, 0.1) is 12.7 Å². The van der Waals surface area contributed by atoms with E-state index in [9.17, 15) is 0 Å². The molecule has 6 heteroatoms. The van der Waals surface area contributed by atoms with Gasteiger partial charge in [-0.05, 0) is 0 Å². The lowest BCUT2D eigenvalue weighted by atomic mass is 10.4. The number of nitrogens with one attached hydrogen (secondary N) is 1. The van der Waals surface area contributed by atoms with Gasteiger partial charge in [-0.15, -0.1) is 10.2 Å². The third-order valence-corrected chi connectivity index (χ3v) is 2.35. The van der Waals surface area contributed by atoms with Crippen molar-refractivity contribution in [3.05, 3.63) is 23.4 Å². The molecule has 0 aromatic carbocycles. The first-order valence-corrected chi connectivity index (χ1v) is 5.20. The topological polar surface area (TPSA) is 63.8 Å². The fourth-order valence-electron chi connectivity index (χ4n) is 0.995. The molecule has 1 N–H and O–H groups in total. The van der Waals surface area contributed by atoms with E-state index in [1.165, 1.54) is 11.3 Å². The highest BCUT2D eigenvalue weighted by Gasteiger charge is 2.02. The van der Waals surface area contributed by atoms with Crippen LogP contribution < -0.4 is 5.32 Å². The Morgan fingerprint density at radius 3 is 3.14 bits per heavy atom. The van der Waals surface area contributed by atoms with E-state index in [-0.39, 0.29) is 0 Å². The van der Waals surface area contributed by atoms with E-state index in [1.807, 2.05) is 6.92 Å². The largest absolute Gasteiger partial charge is 0.444 e. The van der Waals surface area contributed by atoms with E-state index in [1.54, 1.807) is 11.7 Å². The van der Waals surface area contributed by atoms with Crippen LogP contribution in [0.2, 0.25) is 0 Å². The highest BCUT2D eigenvalue weighted by Crippen LogP contribution is 2.10. The minimum Gasteiger partial charge on any atom is -0.444 e. The standard InChI is InChI=1S/C8H10N4OS/c1-2-6-3-9-7(13-6)4-10-8-12-11-5-14-8/h3,5H,2,4H2,1H3,(H,10,12). The molecule has 2 heterocycles. The van der Waals surface area contributed by atoms with Crippen molar-refractivity contribution >= 4 is 16.5 Å². The molecule has 5 nitrogen and oxygen atoms in total. The third kappa shape index (κ3) is 2.08. The molecular weight excluding hydrogens is 200 g/mol. The van der Waals surface area contributed by atoms with Crippen LogP contribution in [-0.2, 0) is 13.0 Å². The Morgan fingerprint density at radius 2 is 2.50 bits per heavy atom. The van der Waals surface area contributed by atoms with Crippen molar-refractivity contribution in [2.45, 2.75) is 19.9 Å². The first kappa shape index (κ1) is 9.14. The molecule has 0 bridgehead atoms. The second kappa shape index (κ2) is 4.19. The minimum absolute atomic E-state index is 0.551. The summed E-state index contributed by atoms with van der Waals surface area (Å²) in [5.74, 6) is 1.58. The summed E-state index contributed by atoms with van der Waals surface area (Å²) in [5.41, 5.74) is 1.68. The molecule has 0 radical (unpaired) electrons. The molecule has 0 saturated heterocycles. The predicted molar refractivity (Wildman–Crippen MR) is 53.1 cm³/mol. The molecule has 0 unspecified atom stereocenters. The van der Waals surface area contributed by atoms with Crippen LogP contribution in [0.4, 0.5) is 5.13 Å². The first-order chi connectivity index (χ1) is 6.88. The summed E-state index contributed by atoms with van der Waals surface area (Å²) >= 11 is 1.45. The van der Waals surface area contributed by atoms with Gasteiger partial charge in [-0.3, -0.25) is 0 Å². The minimum atomic E-state index is 0.551. The van der Waals surface area contributed by atoms with Crippen LogP contribution in [0.3, 0.4) is 0 Å². The van der Waals surface area contributed by atoms with Crippen LogP contribution in [0, 0.1) is 0 Å². The summed E-state index contributed by atoms with van der Waals surface area (Å²) in [7, 11) is 0. The molecule has 2 aromatic heterocycles. The van der Waals surface area contributed by atoms with Gasteiger partial charge in [0.25, 0.3) is 0 Å². The van der Waals surface area contributed by atoms with E-state index in [0.717, 1.165) is 17.3 Å². The van der Waals surface area contributed by atoms with Crippen LogP contribution in [0.25, 0.3) is 0 Å². The van der Waals surface area contributed by atoms with Crippen molar-refractivity contribution in [2.24, 2.45) is 0 Å². The van der Waals surface area contributed by atoms with Gasteiger partial charge in [-0.2, -0.15) is 0 Å². The van der Waals surface area contributed by atoms with Crippen molar-refractivity contribution in [1.29, 1.82) is 0 Å². The molecule has 0 spiro atoms. The van der Waals surface area contributed by atoms with Crippen molar-refractivity contribution < 1.29 is 4.42 Å². The fourth-order valence-corrected chi connectivity index (χ4v) is 1.44. The van der Waals surface area contributed by atoms with Crippen LogP contribution in [0.1, 0.15) is 18.6 Å². The summed E-state index contributed by atoms with van der Waals surface area (Å²) in [5, 5.41) is 11.4. The number of rotatable bonds is 4. The zero-order valence-electron chi connectivity index (χ0n) is 7.73. The maximum absolute atomic E-state index is 5.41. The van der Waals surface area contributed by atoms with Crippen molar-refractivity contribution in [1.82, 2.24) is 15.2 Å². The van der Waals surface area contributed by atoms with Gasteiger partial charge in [0.1, 0.15) is 11.3 Å². The average molecular weight is 210 g/mol. The Morgan fingerprint density at radius 1 is 1.57 bits per heavy atom. The van der Waals surface area contributed by atoms with Crippen LogP contribution in [-0.4, -0.2) is 15.2 Å². The number of oxazole rings is 1. The molecule has 0 fully saturated rings. The molecule has 0 atom stereocenters. The van der Waals surface area contributed by atoms with Gasteiger partial charge in [-0.1, -0.05) is 18.3 Å². The highest BCUT2D eigenvalue weighted by atomic mass is 32.1. The van der Waals surface area contributed by atoms with E-state index >= 15 is 0 Å². The molecule has 0 aliphatic rings. The van der Waals surface area contributed by atoms with Gasteiger partial charge in [-0.25, -0.2) is 4.98 Å². The van der Waals surface area contributed by atoms with E-state index in [0.29, 0.717) is 12.4 Å². The third-order valence-electron chi connectivity index (χ3n) is 1.70. The molecular formula is C8H10N4OS. The molecule has 2 aromatic rings. The normalized spacial score (nSPS) is 10.4. The zero-order valence-corrected chi connectivity index (χ0v) is 8.54. The van der Waals surface area contributed by atoms with Gasteiger partial charge < -0.3 is 9.73 Å². The van der Waals surface area contributed by atoms with Crippen molar-refractivity contribution in [2.75, 3.05) is 5.32 Å². The second-order valence-electron chi connectivity index (χ2n) is 2.67. The van der Waals surface area contributed by atoms with Crippen molar-refractivity contribution in [3.63, 3.8) is 0 Å². The maximum Gasteiger partial charge on any atom is 0.213 e. The van der Waals surface area contributed by atoms with Crippen LogP contribution >= 0.6 is 11.3 Å². The molecule has 2 rings (SSSR count). The molecule has 0 amide bonds. The number of aromatic nitrogens is 3. The lowest BCUT2D eigenvalue weighted by molar-refractivity contribution is 0.465. The molecule has 74 valence electrons. The molecule has 14 heavy (non-hydrogen) atoms. The van der Waals surface area contributed by atoms with Gasteiger partial charge >= 0.3 is 0 Å². The Bertz CT molecular complexity index is 384. The lowest BCUT2D eigenvalue weighted by Crippen LogP contribution is -1.98. The fraction of sp³-hybridized carbons (Fsp3) is 0.375. The summed E-state index contributed by atoms with van der Waals surface area (Å²) in [6.45, 7) is 2.58. The quantitative estimate of drug-likeness (QED) is 0.832. The van der Waals surface area contributed by atoms with Crippen molar-refractivity contribution in [3.8, 4) is 0 Å². The number of hydrogen-bond acceptors (Lipinski definition) is 6. The lowest BCUT2D eigenvalue weighted by Gasteiger charge is -1.95. The van der Waals surface area contributed by atoms with Gasteiger partial charge in [0, 0.05) is 6.42 Å². The van der Waals surface area contributed by atoms with Gasteiger partial charge in [0.15, 0.2) is 0 Å². The maximum atomic E-state index is 5.41. The number of anilines is 1. The molecule has 0 saturated carbocycles. The second-order valence-corrected chi connectivity index (χ2v) is 3.50. The first-order valence-electron chi connectivity index (χ1n) is 4.32.